The molecule has 0 aromatic heterocycles. The zero-order valence-corrected chi connectivity index (χ0v) is 16.8. The number of aliphatic hydroxyl groups excluding tert-OH is 1. The molecule has 0 radical (unpaired) electrons. The van der Waals surface area contributed by atoms with Crippen LogP contribution in [0.1, 0.15) is 51.7 Å². The van der Waals surface area contributed by atoms with Crippen molar-refractivity contribution in [3.63, 3.8) is 0 Å². The number of rotatable bonds is 11. The standard InChI is InChI=1S/C20H33N3O4/c1-5-21-20(22-13-7-6-8-19(25)26-4)23-14-18(24)16-9-11-17(12-10-16)27-15(2)3/h9-12,15,18,24H,5-8,13-14H2,1-4H3,(H2,21,22,23). The number of benzene rings is 1. The second-order valence-electron chi connectivity index (χ2n) is 6.43. The third kappa shape index (κ3) is 9.84. The molecule has 0 fully saturated rings. The molecule has 0 saturated heterocycles. The van der Waals surface area contributed by atoms with Gasteiger partial charge in [0, 0.05) is 19.5 Å². The highest BCUT2D eigenvalue weighted by Crippen LogP contribution is 2.19. The zero-order chi connectivity index (χ0) is 20.1. The van der Waals surface area contributed by atoms with Gasteiger partial charge in [0.05, 0.1) is 25.9 Å². The molecule has 3 N–H and O–H groups in total. The molecule has 0 saturated carbocycles. The Balaban J connectivity index is 2.47. The van der Waals surface area contributed by atoms with E-state index in [4.69, 9.17) is 4.74 Å². The number of nitrogens with zero attached hydrogens (tertiary/aromatic N) is 1. The topological polar surface area (TPSA) is 92.2 Å². The van der Waals surface area contributed by atoms with E-state index in [2.05, 4.69) is 20.4 Å². The number of guanidine groups is 1. The van der Waals surface area contributed by atoms with Gasteiger partial charge in [-0.25, -0.2) is 0 Å². The molecule has 0 bridgehead atoms. The Kier molecular flexibility index (Phi) is 10.9. The average Bonchev–Trinajstić information content (AvgIpc) is 2.65. The molecule has 0 amide bonds. The fraction of sp³-hybridized carbons (Fsp3) is 0.600. The number of ether oxygens (including phenoxy) is 2. The van der Waals surface area contributed by atoms with Crippen molar-refractivity contribution in [1.29, 1.82) is 0 Å². The van der Waals surface area contributed by atoms with Crippen LogP contribution in [0.15, 0.2) is 29.3 Å². The van der Waals surface area contributed by atoms with Crippen LogP contribution in [-0.2, 0) is 9.53 Å². The summed E-state index contributed by atoms with van der Waals surface area (Å²) in [5, 5.41) is 16.7. The fourth-order valence-electron chi connectivity index (χ4n) is 2.37. The van der Waals surface area contributed by atoms with Crippen LogP contribution in [0.5, 0.6) is 5.75 Å². The molecule has 27 heavy (non-hydrogen) atoms. The van der Waals surface area contributed by atoms with Gasteiger partial charge >= 0.3 is 5.97 Å². The summed E-state index contributed by atoms with van der Waals surface area (Å²) in [5.74, 6) is 1.24. The van der Waals surface area contributed by atoms with Crippen molar-refractivity contribution in [2.24, 2.45) is 4.99 Å². The largest absolute Gasteiger partial charge is 0.491 e. The molecule has 1 unspecified atom stereocenters. The predicted molar refractivity (Wildman–Crippen MR) is 107 cm³/mol. The molecule has 152 valence electrons. The van der Waals surface area contributed by atoms with Crippen molar-refractivity contribution < 1.29 is 19.4 Å². The third-order valence-corrected chi connectivity index (χ3v) is 3.73. The van der Waals surface area contributed by atoms with Gasteiger partial charge in [-0.05, 0) is 51.3 Å². The van der Waals surface area contributed by atoms with E-state index in [0.717, 1.165) is 30.7 Å². The number of aliphatic hydroxyl groups is 1. The van der Waals surface area contributed by atoms with Gasteiger partial charge in [-0.2, -0.15) is 0 Å². The smallest absolute Gasteiger partial charge is 0.305 e. The Morgan fingerprint density at radius 1 is 1.19 bits per heavy atom. The van der Waals surface area contributed by atoms with Crippen LogP contribution in [0.2, 0.25) is 0 Å². The second kappa shape index (κ2) is 13.0. The summed E-state index contributed by atoms with van der Waals surface area (Å²) in [4.78, 5) is 15.5. The number of carbonyl (C=O) groups excluding carboxylic acids is 1. The van der Waals surface area contributed by atoms with Crippen molar-refractivity contribution in [3.05, 3.63) is 29.8 Å². The van der Waals surface area contributed by atoms with Crippen LogP contribution in [-0.4, -0.2) is 49.9 Å². The fourth-order valence-corrected chi connectivity index (χ4v) is 2.37. The Bertz CT molecular complexity index is 573. The lowest BCUT2D eigenvalue weighted by molar-refractivity contribution is -0.140. The SMILES string of the molecule is CCNC(=NCC(O)c1ccc(OC(C)C)cc1)NCCCCC(=O)OC. The van der Waals surface area contributed by atoms with Gasteiger partial charge in [0.2, 0.25) is 0 Å². The minimum Gasteiger partial charge on any atom is -0.491 e. The van der Waals surface area contributed by atoms with Crippen molar-refractivity contribution in [1.82, 2.24) is 10.6 Å². The first-order chi connectivity index (χ1) is 13.0. The average molecular weight is 380 g/mol. The molecule has 0 aliphatic heterocycles. The lowest BCUT2D eigenvalue weighted by atomic mass is 10.1. The van der Waals surface area contributed by atoms with E-state index in [9.17, 15) is 9.90 Å². The molecule has 0 aliphatic rings. The summed E-state index contributed by atoms with van der Waals surface area (Å²) in [7, 11) is 1.40. The van der Waals surface area contributed by atoms with E-state index in [0.29, 0.717) is 18.9 Å². The molecule has 0 aliphatic carbocycles. The molecule has 1 rings (SSSR count). The number of nitrogens with one attached hydrogen (secondary N) is 2. The van der Waals surface area contributed by atoms with Crippen LogP contribution in [0.3, 0.4) is 0 Å². The van der Waals surface area contributed by atoms with Crippen LogP contribution in [0.4, 0.5) is 0 Å². The molecular formula is C20H33N3O4. The predicted octanol–water partition coefficient (Wildman–Crippen LogP) is 2.41. The Labute approximate surface area is 162 Å². The monoisotopic (exact) mass is 379 g/mol. The molecule has 1 aromatic rings. The van der Waals surface area contributed by atoms with E-state index in [1.807, 2.05) is 45.0 Å². The summed E-state index contributed by atoms with van der Waals surface area (Å²) >= 11 is 0. The van der Waals surface area contributed by atoms with Crippen molar-refractivity contribution >= 4 is 11.9 Å². The third-order valence-electron chi connectivity index (χ3n) is 3.73. The summed E-state index contributed by atoms with van der Waals surface area (Å²) in [5.41, 5.74) is 0.795. The van der Waals surface area contributed by atoms with Crippen LogP contribution >= 0.6 is 0 Å². The molecular weight excluding hydrogens is 346 g/mol. The van der Waals surface area contributed by atoms with Gasteiger partial charge in [0.25, 0.3) is 0 Å². The summed E-state index contributed by atoms with van der Waals surface area (Å²) in [6.45, 7) is 7.61. The maximum absolute atomic E-state index is 11.1. The number of carbonyl (C=O) groups is 1. The zero-order valence-electron chi connectivity index (χ0n) is 16.8. The Hall–Kier alpha value is -2.28. The Morgan fingerprint density at radius 3 is 2.48 bits per heavy atom. The van der Waals surface area contributed by atoms with Crippen LogP contribution < -0.4 is 15.4 Å². The second-order valence-corrected chi connectivity index (χ2v) is 6.43. The molecule has 1 aromatic carbocycles. The van der Waals surface area contributed by atoms with Crippen LogP contribution in [0, 0.1) is 0 Å². The molecule has 7 heteroatoms. The molecule has 0 heterocycles. The summed E-state index contributed by atoms with van der Waals surface area (Å²) in [6.07, 6.45) is 1.44. The number of esters is 1. The number of unbranched alkanes of at least 4 members (excludes halogenated alkanes) is 1. The van der Waals surface area contributed by atoms with Crippen molar-refractivity contribution in [3.8, 4) is 5.75 Å². The maximum Gasteiger partial charge on any atom is 0.305 e. The number of hydrogen-bond donors (Lipinski definition) is 3. The highest BCUT2D eigenvalue weighted by atomic mass is 16.5. The molecule has 0 spiro atoms. The quantitative estimate of drug-likeness (QED) is 0.237. The summed E-state index contributed by atoms with van der Waals surface area (Å²) in [6, 6.07) is 7.41. The first-order valence-corrected chi connectivity index (χ1v) is 9.50. The van der Waals surface area contributed by atoms with Gasteiger partial charge in [-0.3, -0.25) is 9.79 Å². The van der Waals surface area contributed by atoms with Gasteiger partial charge in [0.15, 0.2) is 5.96 Å². The van der Waals surface area contributed by atoms with Gasteiger partial charge in [-0.1, -0.05) is 12.1 Å². The van der Waals surface area contributed by atoms with Crippen molar-refractivity contribution in [2.45, 2.75) is 52.2 Å². The van der Waals surface area contributed by atoms with Gasteiger partial charge < -0.3 is 25.2 Å². The number of aliphatic imine (C=N–C) groups is 1. The summed E-state index contributed by atoms with van der Waals surface area (Å²) < 4.78 is 10.2. The lowest BCUT2D eigenvalue weighted by Gasteiger charge is -2.14. The van der Waals surface area contributed by atoms with Gasteiger partial charge in [-0.15, -0.1) is 0 Å². The Morgan fingerprint density at radius 2 is 1.89 bits per heavy atom. The first-order valence-electron chi connectivity index (χ1n) is 9.50. The van der Waals surface area contributed by atoms with E-state index in [1.165, 1.54) is 7.11 Å². The normalized spacial score (nSPS) is 12.6. The number of methoxy groups -OCH3 is 1. The maximum atomic E-state index is 11.1. The lowest BCUT2D eigenvalue weighted by Crippen LogP contribution is -2.38. The molecule has 7 nitrogen and oxygen atoms in total. The van der Waals surface area contributed by atoms with Crippen molar-refractivity contribution in [2.75, 3.05) is 26.7 Å². The highest BCUT2D eigenvalue weighted by molar-refractivity contribution is 5.79. The van der Waals surface area contributed by atoms with E-state index >= 15 is 0 Å². The van der Waals surface area contributed by atoms with E-state index < -0.39 is 6.10 Å². The van der Waals surface area contributed by atoms with Crippen LogP contribution in [0.25, 0.3) is 0 Å². The highest BCUT2D eigenvalue weighted by Gasteiger charge is 2.08. The van der Waals surface area contributed by atoms with E-state index in [-0.39, 0.29) is 18.6 Å². The minimum atomic E-state index is -0.687. The minimum absolute atomic E-state index is 0.117. The van der Waals surface area contributed by atoms with E-state index in [1.54, 1.807) is 0 Å². The number of hydrogen-bond acceptors (Lipinski definition) is 5. The molecule has 1 atom stereocenters. The first kappa shape index (κ1) is 22.8. The van der Waals surface area contributed by atoms with Gasteiger partial charge in [0.1, 0.15) is 5.75 Å².